The molecule has 34 heavy (non-hydrogen) atoms. The van der Waals surface area contributed by atoms with E-state index in [1.54, 1.807) is 17.2 Å². The first-order chi connectivity index (χ1) is 15.8. The highest BCUT2D eigenvalue weighted by atomic mass is 35.5. The lowest BCUT2D eigenvalue weighted by Crippen LogP contribution is -2.48. The number of halogens is 1. The number of nitrogens with zero attached hydrogens (tertiary/aromatic N) is 6. The van der Waals surface area contributed by atoms with Gasteiger partial charge >= 0.3 is 0 Å². The van der Waals surface area contributed by atoms with Crippen LogP contribution >= 0.6 is 12.4 Å². The molecule has 1 aromatic carbocycles. The summed E-state index contributed by atoms with van der Waals surface area (Å²) in [6.07, 6.45) is 3.80. The number of rotatable bonds is 6. The van der Waals surface area contributed by atoms with Gasteiger partial charge in [-0.1, -0.05) is 6.92 Å². The number of carbonyl (C=O) groups is 1. The van der Waals surface area contributed by atoms with Gasteiger partial charge in [-0.15, -0.1) is 12.4 Å². The Balaban J connectivity index is 0.00000324. The molecule has 0 bridgehead atoms. The van der Waals surface area contributed by atoms with Crippen molar-refractivity contribution in [1.82, 2.24) is 14.3 Å². The van der Waals surface area contributed by atoms with Crippen LogP contribution in [0.5, 0.6) is 0 Å². The number of amides is 1. The molecule has 1 atom stereocenters. The summed E-state index contributed by atoms with van der Waals surface area (Å²) in [7, 11) is -3.15. The highest BCUT2D eigenvalue weighted by molar-refractivity contribution is 7.88. The molecule has 4 rings (SSSR count). The molecule has 1 amide bonds. The smallest absolute Gasteiger partial charge is 0.248 e. The largest absolute Gasteiger partial charge is 0.369 e. The third-order valence-electron chi connectivity index (χ3n) is 6.35. The highest BCUT2D eigenvalue weighted by Gasteiger charge is 2.46. The van der Waals surface area contributed by atoms with Crippen molar-refractivity contribution in [3.63, 3.8) is 0 Å². The molecule has 0 spiro atoms. The number of nitriles is 1. The van der Waals surface area contributed by atoms with Crippen LogP contribution in [0.2, 0.25) is 0 Å². The molecule has 12 heteroatoms. The number of nitrogens with one attached hydrogen (secondary N) is 1. The topological polar surface area (TPSA) is 123 Å². The minimum Gasteiger partial charge on any atom is -0.369 e. The van der Waals surface area contributed by atoms with Gasteiger partial charge in [0.2, 0.25) is 21.9 Å². The van der Waals surface area contributed by atoms with Gasteiger partial charge in [-0.2, -0.15) is 14.6 Å². The fraction of sp³-hybridized carbons (Fsp3) is 0.455. The Labute approximate surface area is 206 Å². The van der Waals surface area contributed by atoms with Crippen LogP contribution in [0.1, 0.15) is 19.8 Å². The zero-order valence-corrected chi connectivity index (χ0v) is 20.8. The zero-order valence-electron chi connectivity index (χ0n) is 19.1. The van der Waals surface area contributed by atoms with E-state index in [-0.39, 0.29) is 18.3 Å². The quantitative estimate of drug-likeness (QED) is 0.634. The molecule has 0 saturated carbocycles. The average Bonchev–Trinajstić information content (AvgIpc) is 3.16. The van der Waals surface area contributed by atoms with E-state index in [0.29, 0.717) is 57.3 Å². The van der Waals surface area contributed by atoms with Gasteiger partial charge in [-0.05, 0) is 43.2 Å². The summed E-state index contributed by atoms with van der Waals surface area (Å²) in [4.78, 5) is 25.2. The second kappa shape index (κ2) is 10.1. The molecule has 182 valence electrons. The Hall–Kier alpha value is -2.94. The van der Waals surface area contributed by atoms with Gasteiger partial charge in [0.15, 0.2) is 0 Å². The Morgan fingerprint density at radius 2 is 1.79 bits per heavy atom. The molecule has 2 fully saturated rings. The number of anilines is 4. The van der Waals surface area contributed by atoms with Gasteiger partial charge in [0.25, 0.3) is 0 Å². The molecule has 2 aromatic rings. The third-order valence-corrected chi connectivity index (χ3v) is 7.65. The SMILES string of the molecule is CC[C@]1(C#N)CCN(c2ccnc(Nc3ccc(N4CCN(S(C)(=O)=O)CC4)cc3)n2)C1=O.Cl. The predicted octanol–water partition coefficient (Wildman–Crippen LogP) is 2.38. The molecule has 0 unspecified atom stereocenters. The summed E-state index contributed by atoms with van der Waals surface area (Å²) in [5.41, 5.74) is 0.832. The molecule has 1 N–H and O–H groups in total. The second-order valence-electron chi connectivity index (χ2n) is 8.31. The first-order valence-electron chi connectivity index (χ1n) is 10.9. The summed E-state index contributed by atoms with van der Waals surface area (Å²) >= 11 is 0. The summed E-state index contributed by atoms with van der Waals surface area (Å²) in [5, 5.41) is 12.6. The Bertz CT molecular complexity index is 1180. The van der Waals surface area contributed by atoms with Crippen molar-refractivity contribution in [2.24, 2.45) is 5.41 Å². The first-order valence-corrected chi connectivity index (χ1v) is 12.7. The van der Waals surface area contributed by atoms with Crippen LogP contribution in [-0.4, -0.2) is 67.6 Å². The van der Waals surface area contributed by atoms with Crippen LogP contribution in [0.25, 0.3) is 0 Å². The van der Waals surface area contributed by atoms with Crippen LogP contribution in [0.4, 0.5) is 23.1 Å². The summed E-state index contributed by atoms with van der Waals surface area (Å²) < 4.78 is 24.9. The van der Waals surface area contributed by atoms with Crippen molar-refractivity contribution in [2.45, 2.75) is 19.8 Å². The summed E-state index contributed by atoms with van der Waals surface area (Å²) in [6, 6.07) is 11.6. The number of aromatic nitrogens is 2. The van der Waals surface area contributed by atoms with Gasteiger partial charge in [0.05, 0.1) is 12.3 Å². The van der Waals surface area contributed by atoms with Gasteiger partial charge in [-0.3, -0.25) is 9.69 Å². The van der Waals surface area contributed by atoms with Crippen molar-refractivity contribution in [1.29, 1.82) is 5.26 Å². The van der Waals surface area contributed by atoms with Gasteiger partial charge in [0, 0.05) is 50.3 Å². The molecule has 3 heterocycles. The van der Waals surface area contributed by atoms with E-state index in [1.807, 2.05) is 31.2 Å². The Morgan fingerprint density at radius 1 is 1.12 bits per heavy atom. The van der Waals surface area contributed by atoms with E-state index in [9.17, 15) is 18.5 Å². The minimum atomic E-state index is -3.15. The maximum atomic E-state index is 12.8. The first kappa shape index (κ1) is 25.7. The standard InChI is InChI=1S/C22H27N7O3S.ClH/c1-3-22(16-23)9-11-29(20(22)30)19-8-10-24-21(26-19)25-17-4-6-18(7-5-17)27-12-14-28(15-13-27)33(2,31)32;/h4-8,10H,3,9,11-15H2,1-2H3,(H,24,25,26);1H/t22-;/m1./s1. The van der Waals surface area contributed by atoms with E-state index in [1.165, 1.54) is 10.6 Å². The predicted molar refractivity (Wildman–Crippen MR) is 133 cm³/mol. The highest BCUT2D eigenvalue weighted by Crippen LogP contribution is 2.36. The number of benzene rings is 1. The molecule has 2 aliphatic heterocycles. The number of hydrogen-bond donors (Lipinski definition) is 1. The molecule has 0 radical (unpaired) electrons. The number of carbonyl (C=O) groups excluding carboxylic acids is 1. The lowest BCUT2D eigenvalue weighted by atomic mass is 9.85. The lowest BCUT2D eigenvalue weighted by molar-refractivity contribution is -0.123. The second-order valence-corrected chi connectivity index (χ2v) is 10.3. The van der Waals surface area contributed by atoms with Crippen molar-refractivity contribution in [2.75, 3.05) is 54.1 Å². The van der Waals surface area contributed by atoms with Crippen molar-refractivity contribution in [3.8, 4) is 6.07 Å². The summed E-state index contributed by atoms with van der Waals surface area (Å²) in [6.45, 7) is 4.53. The van der Waals surface area contributed by atoms with Gasteiger partial charge in [0.1, 0.15) is 11.2 Å². The van der Waals surface area contributed by atoms with Gasteiger partial charge < -0.3 is 10.2 Å². The molecule has 10 nitrogen and oxygen atoms in total. The molecule has 2 saturated heterocycles. The number of hydrogen-bond acceptors (Lipinski definition) is 8. The van der Waals surface area contributed by atoms with Crippen LogP contribution in [0.3, 0.4) is 0 Å². The number of piperazine rings is 1. The van der Waals surface area contributed by atoms with E-state index in [4.69, 9.17) is 0 Å². The van der Waals surface area contributed by atoms with Crippen LogP contribution < -0.4 is 15.1 Å². The number of sulfonamides is 1. The maximum Gasteiger partial charge on any atom is 0.248 e. The van der Waals surface area contributed by atoms with Crippen molar-refractivity contribution < 1.29 is 13.2 Å². The van der Waals surface area contributed by atoms with E-state index >= 15 is 0 Å². The maximum absolute atomic E-state index is 12.8. The molecule has 2 aliphatic rings. The van der Waals surface area contributed by atoms with Crippen molar-refractivity contribution in [3.05, 3.63) is 36.5 Å². The van der Waals surface area contributed by atoms with Crippen LogP contribution in [0.15, 0.2) is 36.5 Å². The monoisotopic (exact) mass is 505 g/mol. The van der Waals surface area contributed by atoms with Gasteiger partial charge in [-0.25, -0.2) is 13.4 Å². The fourth-order valence-electron chi connectivity index (χ4n) is 4.22. The fourth-order valence-corrected chi connectivity index (χ4v) is 5.05. The van der Waals surface area contributed by atoms with Crippen LogP contribution in [-0.2, 0) is 14.8 Å². The third kappa shape index (κ3) is 5.09. The molecule has 0 aliphatic carbocycles. The van der Waals surface area contributed by atoms with E-state index < -0.39 is 15.4 Å². The average molecular weight is 506 g/mol. The molecular weight excluding hydrogens is 478 g/mol. The molecule has 1 aromatic heterocycles. The summed E-state index contributed by atoms with van der Waals surface area (Å²) in [5.74, 6) is 0.627. The lowest BCUT2D eigenvalue weighted by Gasteiger charge is -2.34. The normalized spacial score (nSPS) is 21.1. The minimum absolute atomic E-state index is 0. The van der Waals surface area contributed by atoms with Crippen LogP contribution in [0, 0.1) is 16.7 Å². The Kier molecular flexibility index (Phi) is 7.65. The zero-order chi connectivity index (χ0) is 23.6. The molecular formula is C22H28ClN7O3S. The van der Waals surface area contributed by atoms with E-state index in [2.05, 4.69) is 26.3 Å². The van der Waals surface area contributed by atoms with Crippen molar-refractivity contribution >= 4 is 51.5 Å². The Morgan fingerprint density at radius 3 is 2.35 bits per heavy atom. The van der Waals surface area contributed by atoms with E-state index in [0.717, 1.165) is 11.4 Å².